The molecule has 0 spiro atoms. The number of imide groups is 1. The first kappa shape index (κ1) is 23.2. The second-order valence-corrected chi connectivity index (χ2v) is 5.35. The first-order valence-electron chi connectivity index (χ1n) is 4.49. The van der Waals surface area contributed by atoms with Crippen LogP contribution >= 0.6 is 23.8 Å². The summed E-state index contributed by atoms with van der Waals surface area (Å²) < 4.78 is 7.88. The summed E-state index contributed by atoms with van der Waals surface area (Å²) in [5.74, 6) is -0.375. The SMILES string of the molecule is CCC(Br)(CC)C(=O)NC(N)=O.O=P([O-])([O-])[O-].[Fe+3]. The molecular formula is C7H13BrFeN2O6P. The van der Waals surface area contributed by atoms with Crippen LogP contribution in [0.2, 0.25) is 0 Å². The van der Waals surface area contributed by atoms with E-state index in [1.165, 1.54) is 0 Å². The van der Waals surface area contributed by atoms with Gasteiger partial charge in [-0.1, -0.05) is 29.8 Å². The van der Waals surface area contributed by atoms with Crippen LogP contribution in [0.15, 0.2) is 0 Å². The first-order valence-corrected chi connectivity index (χ1v) is 6.74. The molecule has 0 saturated carbocycles. The molecule has 0 rings (SSSR count). The predicted octanol–water partition coefficient (Wildman–Crippen LogP) is -1.69. The van der Waals surface area contributed by atoms with E-state index in [0.29, 0.717) is 12.8 Å². The molecule has 11 heteroatoms. The molecule has 0 atom stereocenters. The van der Waals surface area contributed by atoms with Crippen molar-refractivity contribution in [3.05, 3.63) is 0 Å². The zero-order valence-electron chi connectivity index (χ0n) is 9.62. The van der Waals surface area contributed by atoms with Crippen molar-refractivity contribution in [3.8, 4) is 0 Å². The van der Waals surface area contributed by atoms with Crippen molar-refractivity contribution in [3.63, 3.8) is 0 Å². The number of carbonyl (C=O) groups excluding carboxylic acids is 2. The van der Waals surface area contributed by atoms with Crippen LogP contribution in [0.4, 0.5) is 4.79 Å². The van der Waals surface area contributed by atoms with Crippen LogP contribution in [0.25, 0.3) is 0 Å². The standard InChI is InChI=1S/C7H13BrN2O2.Fe.H3O4P/c1-3-7(8,4-2)5(11)10-6(9)12;;1-5(2,3)4/h3-4H2,1-2H3,(H3,9,10,11,12);;(H3,1,2,3,4)/q;+3;/p-3. The quantitative estimate of drug-likeness (QED) is 0.334. The molecule has 0 aromatic carbocycles. The van der Waals surface area contributed by atoms with E-state index >= 15 is 0 Å². The molecule has 0 saturated heterocycles. The fourth-order valence-corrected chi connectivity index (χ4v) is 0.894. The van der Waals surface area contributed by atoms with Crippen LogP contribution in [0.3, 0.4) is 0 Å². The summed E-state index contributed by atoms with van der Waals surface area (Å²) in [5.41, 5.74) is 4.81. The third-order valence-corrected chi connectivity index (χ3v) is 3.25. The number of hydrogen-bond donors (Lipinski definition) is 2. The molecular weight excluding hydrogens is 375 g/mol. The number of phosphoric acid groups is 1. The Kier molecular flexibility index (Phi) is 12.8. The van der Waals surface area contributed by atoms with Crippen molar-refractivity contribution < 1.29 is 45.9 Å². The summed E-state index contributed by atoms with van der Waals surface area (Å²) in [6, 6.07) is -0.814. The number of amides is 3. The van der Waals surface area contributed by atoms with Crippen LogP contribution in [-0.4, -0.2) is 16.3 Å². The van der Waals surface area contributed by atoms with Gasteiger partial charge in [-0.05, 0) is 12.8 Å². The smallest absolute Gasteiger partial charge is 0.822 e. The van der Waals surface area contributed by atoms with E-state index in [4.69, 9.17) is 25.0 Å². The Balaban J connectivity index is -0.000000321. The maximum atomic E-state index is 11.3. The van der Waals surface area contributed by atoms with Crippen LogP contribution in [0.1, 0.15) is 26.7 Å². The zero-order valence-corrected chi connectivity index (χ0v) is 13.2. The monoisotopic (exact) mass is 387 g/mol. The first-order chi connectivity index (χ1) is 7.46. The Morgan fingerprint density at radius 3 is 1.72 bits per heavy atom. The van der Waals surface area contributed by atoms with Crippen molar-refractivity contribution in [1.82, 2.24) is 5.32 Å². The van der Waals surface area contributed by atoms with E-state index in [0.717, 1.165) is 0 Å². The molecule has 0 unspecified atom stereocenters. The van der Waals surface area contributed by atoms with Crippen molar-refractivity contribution in [2.24, 2.45) is 5.73 Å². The number of nitrogens with two attached hydrogens (primary N) is 1. The number of nitrogens with one attached hydrogen (secondary N) is 1. The number of hydrogen-bond acceptors (Lipinski definition) is 6. The molecule has 0 aromatic heterocycles. The summed E-state index contributed by atoms with van der Waals surface area (Å²) in [7, 11) is -5.39. The molecule has 1 radical (unpaired) electrons. The molecule has 8 nitrogen and oxygen atoms in total. The second kappa shape index (κ2) is 9.91. The summed E-state index contributed by atoms with van der Waals surface area (Å²) >= 11 is 3.26. The van der Waals surface area contributed by atoms with Gasteiger partial charge >= 0.3 is 23.1 Å². The number of rotatable bonds is 3. The minimum Gasteiger partial charge on any atom is -0.822 e. The van der Waals surface area contributed by atoms with Crippen LogP contribution in [-0.2, 0) is 26.4 Å². The van der Waals surface area contributed by atoms with Gasteiger partial charge in [-0.3, -0.25) is 10.1 Å². The molecule has 0 aliphatic carbocycles. The Morgan fingerprint density at radius 2 is 1.56 bits per heavy atom. The fourth-order valence-electron chi connectivity index (χ4n) is 0.795. The van der Waals surface area contributed by atoms with Gasteiger partial charge < -0.3 is 25.0 Å². The number of primary amides is 1. The summed E-state index contributed by atoms with van der Waals surface area (Å²) in [6.45, 7) is 3.72. The maximum absolute atomic E-state index is 11.3. The summed E-state index contributed by atoms with van der Waals surface area (Å²) in [6.07, 6.45) is 1.23. The number of carbonyl (C=O) groups is 2. The predicted molar refractivity (Wildman–Crippen MR) is 57.6 cm³/mol. The van der Waals surface area contributed by atoms with Crippen LogP contribution < -0.4 is 25.7 Å². The van der Waals surface area contributed by atoms with Gasteiger partial charge in [0.15, 0.2) is 0 Å². The molecule has 0 heterocycles. The number of alkyl halides is 1. The fraction of sp³-hybridized carbons (Fsp3) is 0.714. The Bertz CT molecular complexity index is 311. The van der Waals surface area contributed by atoms with E-state index in [1.807, 2.05) is 19.2 Å². The van der Waals surface area contributed by atoms with Gasteiger partial charge in [-0.2, -0.15) is 7.82 Å². The van der Waals surface area contributed by atoms with Crippen molar-refractivity contribution in [1.29, 1.82) is 0 Å². The average Bonchev–Trinajstić information content (AvgIpc) is 2.12. The van der Waals surface area contributed by atoms with Gasteiger partial charge in [0.05, 0.1) is 0 Å². The molecule has 0 aliphatic heterocycles. The van der Waals surface area contributed by atoms with Gasteiger partial charge in [-0.25, -0.2) is 4.79 Å². The van der Waals surface area contributed by atoms with E-state index < -0.39 is 18.2 Å². The molecule has 0 fully saturated rings. The van der Waals surface area contributed by atoms with Gasteiger partial charge in [0.2, 0.25) is 5.91 Å². The third kappa shape index (κ3) is 14.1. The number of urea groups is 1. The van der Waals surface area contributed by atoms with Gasteiger partial charge in [0.25, 0.3) is 0 Å². The van der Waals surface area contributed by atoms with E-state index in [9.17, 15) is 9.59 Å². The topological polar surface area (TPSA) is 158 Å². The molecule has 0 aromatic rings. The Labute approximate surface area is 124 Å². The Hall–Kier alpha value is 0.0495. The van der Waals surface area contributed by atoms with Crippen LogP contribution in [0, 0.1) is 0 Å². The second-order valence-electron chi connectivity index (χ2n) is 2.94. The minimum atomic E-state index is -5.39. The summed E-state index contributed by atoms with van der Waals surface area (Å²) in [4.78, 5) is 47.3. The largest absolute Gasteiger partial charge is 3.00 e. The van der Waals surface area contributed by atoms with Gasteiger partial charge in [-0.15, -0.1) is 0 Å². The molecule has 0 aliphatic rings. The Morgan fingerprint density at radius 1 is 1.28 bits per heavy atom. The zero-order chi connectivity index (χ0) is 14.3. The number of halogens is 1. The van der Waals surface area contributed by atoms with E-state index in [2.05, 4.69) is 15.9 Å². The van der Waals surface area contributed by atoms with E-state index in [1.54, 1.807) is 0 Å². The van der Waals surface area contributed by atoms with E-state index in [-0.39, 0.29) is 23.0 Å². The minimum absolute atomic E-state index is 0. The normalized spacial score (nSPS) is 10.6. The van der Waals surface area contributed by atoms with Crippen molar-refractivity contribution in [2.75, 3.05) is 0 Å². The molecule has 3 amide bonds. The van der Waals surface area contributed by atoms with Crippen LogP contribution in [0.5, 0.6) is 0 Å². The van der Waals surface area contributed by atoms with Gasteiger partial charge in [0.1, 0.15) is 4.32 Å². The molecule has 18 heavy (non-hydrogen) atoms. The molecule has 0 bridgehead atoms. The average molecular weight is 388 g/mol. The maximum Gasteiger partial charge on any atom is 3.00 e. The molecule has 107 valence electrons. The van der Waals surface area contributed by atoms with Gasteiger partial charge in [0, 0.05) is 0 Å². The van der Waals surface area contributed by atoms with Crippen molar-refractivity contribution in [2.45, 2.75) is 31.0 Å². The summed E-state index contributed by atoms with van der Waals surface area (Å²) in [5, 5.41) is 2.04. The third-order valence-electron chi connectivity index (χ3n) is 1.76. The van der Waals surface area contributed by atoms with Crippen molar-refractivity contribution >= 4 is 35.7 Å². The molecule has 3 N–H and O–H groups in total.